The maximum absolute atomic E-state index is 14.1. The van der Waals surface area contributed by atoms with Gasteiger partial charge in [-0.15, -0.1) is 0 Å². The van der Waals surface area contributed by atoms with Gasteiger partial charge in [0.2, 0.25) is 0 Å². The van der Waals surface area contributed by atoms with Crippen molar-refractivity contribution < 1.29 is 33.8 Å². The number of amides is 4. The highest BCUT2D eigenvalue weighted by atomic mass is 127. The van der Waals surface area contributed by atoms with E-state index < -0.39 is 12.2 Å². The number of esters is 1. The highest BCUT2D eigenvalue weighted by Gasteiger charge is 2.36. The lowest BCUT2D eigenvalue weighted by atomic mass is 10.0. The van der Waals surface area contributed by atoms with Crippen molar-refractivity contribution in [2.45, 2.75) is 63.1 Å². The average Bonchev–Trinajstić information content (AvgIpc) is 3.33. The molecular weight excluding hydrogens is 847 g/mol. The monoisotopic (exact) mass is 894 g/mol. The van der Waals surface area contributed by atoms with Gasteiger partial charge in [0.05, 0.1) is 10.9 Å². The first kappa shape index (κ1) is 38.6. The third kappa shape index (κ3) is 9.88. The summed E-state index contributed by atoms with van der Waals surface area (Å²) < 4.78 is 12.0. The summed E-state index contributed by atoms with van der Waals surface area (Å²) in [6.07, 6.45) is 2.71. The largest absolute Gasteiger partial charge is 0.507 e. The Balaban J connectivity index is 1.02. The third-order valence-electron chi connectivity index (χ3n) is 10.8. The predicted octanol–water partition coefficient (Wildman–Crippen LogP) is 4.69. The maximum atomic E-state index is 14.1. The highest BCUT2D eigenvalue weighted by molar-refractivity contribution is 14.1. The second kappa shape index (κ2) is 18.3. The lowest BCUT2D eigenvalue weighted by molar-refractivity contribution is -0.143. The standard InChI is InChI=1S/C37H48BrIN6O7/c38-30-23-26(5-6-32(30)46)24-33(35(48)43-14-8-28(9-15-43)42-21-19-41(20-22-42)13-12-34(47)51-25-39)52-37(50)44-16-10-29(11-17-44)45-18-7-27-3-1-2-4-31(27)40-36(45)49/h1-6,23,28-29,33,46H,7-22,24-25H2,(H,40,49)/t33-/m1/s1. The first-order valence-corrected chi connectivity index (χ1v) is 20.6. The number of anilines is 1. The summed E-state index contributed by atoms with van der Waals surface area (Å²) in [6, 6.07) is 13.2. The van der Waals surface area contributed by atoms with Crippen LogP contribution in [0.4, 0.5) is 15.3 Å². The number of halogens is 2. The summed E-state index contributed by atoms with van der Waals surface area (Å²) in [4.78, 5) is 62.7. The van der Waals surface area contributed by atoms with Gasteiger partial charge in [0, 0.05) is 89.6 Å². The molecule has 6 rings (SSSR count). The van der Waals surface area contributed by atoms with E-state index in [-0.39, 0.29) is 36.1 Å². The smallest absolute Gasteiger partial charge is 0.410 e. The van der Waals surface area contributed by atoms with E-state index in [9.17, 15) is 24.3 Å². The maximum Gasteiger partial charge on any atom is 0.410 e. The molecule has 52 heavy (non-hydrogen) atoms. The van der Waals surface area contributed by atoms with Crippen LogP contribution in [0.2, 0.25) is 0 Å². The van der Waals surface area contributed by atoms with Crippen LogP contribution in [0.25, 0.3) is 0 Å². The number of rotatable bonds is 10. The molecule has 282 valence electrons. The zero-order valence-electron chi connectivity index (χ0n) is 29.4. The summed E-state index contributed by atoms with van der Waals surface area (Å²) in [6.45, 7) is 6.95. The normalized spacial score (nSPS) is 20.1. The van der Waals surface area contributed by atoms with Gasteiger partial charge in [0.15, 0.2) is 6.10 Å². The van der Waals surface area contributed by atoms with Gasteiger partial charge in [-0.3, -0.25) is 14.5 Å². The fourth-order valence-corrected chi connectivity index (χ4v) is 8.53. The number of benzene rings is 2. The molecule has 4 aliphatic rings. The molecule has 0 radical (unpaired) electrons. The summed E-state index contributed by atoms with van der Waals surface area (Å²) in [5.74, 6) is -0.281. The van der Waals surface area contributed by atoms with Crippen LogP contribution in [0.1, 0.15) is 43.2 Å². The highest BCUT2D eigenvalue weighted by Crippen LogP contribution is 2.28. The van der Waals surface area contributed by atoms with E-state index in [1.54, 1.807) is 23.1 Å². The molecule has 0 unspecified atom stereocenters. The minimum Gasteiger partial charge on any atom is -0.507 e. The first-order valence-electron chi connectivity index (χ1n) is 18.2. The molecule has 0 aromatic heterocycles. The molecule has 0 bridgehead atoms. The number of carbonyl (C=O) groups is 4. The van der Waals surface area contributed by atoms with Crippen molar-refractivity contribution in [3.8, 4) is 5.75 Å². The molecule has 0 aliphatic carbocycles. The lowest BCUT2D eigenvalue weighted by Crippen LogP contribution is -2.55. The molecule has 3 saturated heterocycles. The van der Waals surface area contributed by atoms with E-state index in [0.717, 1.165) is 62.3 Å². The minimum atomic E-state index is -1.02. The fraction of sp³-hybridized carbons (Fsp3) is 0.568. The molecule has 4 heterocycles. The number of carbonyl (C=O) groups excluding carboxylic acids is 4. The Morgan fingerprint density at radius 1 is 0.904 bits per heavy atom. The quantitative estimate of drug-likeness (QED) is 0.198. The van der Waals surface area contributed by atoms with Gasteiger partial charge in [0.1, 0.15) is 10.4 Å². The molecule has 0 spiro atoms. The Morgan fingerprint density at radius 2 is 1.60 bits per heavy atom. The van der Waals surface area contributed by atoms with E-state index in [1.165, 1.54) is 0 Å². The number of hydrogen-bond donors (Lipinski definition) is 2. The number of ether oxygens (including phenoxy) is 2. The number of piperidine rings is 2. The van der Waals surface area contributed by atoms with Crippen molar-refractivity contribution >= 4 is 68.2 Å². The second-order valence-electron chi connectivity index (χ2n) is 13.9. The molecule has 2 aromatic carbocycles. The summed E-state index contributed by atoms with van der Waals surface area (Å²) >= 11 is 5.40. The van der Waals surface area contributed by atoms with E-state index >= 15 is 0 Å². The zero-order chi connectivity index (χ0) is 36.6. The lowest BCUT2D eigenvalue weighted by Gasteiger charge is -2.43. The summed E-state index contributed by atoms with van der Waals surface area (Å²) in [7, 11) is 0. The molecule has 2 aromatic rings. The molecule has 2 N–H and O–H groups in total. The van der Waals surface area contributed by atoms with Gasteiger partial charge in [-0.05, 0) is 100.0 Å². The molecule has 4 amide bonds. The average molecular weight is 896 g/mol. The molecule has 13 nitrogen and oxygen atoms in total. The van der Waals surface area contributed by atoms with Crippen molar-refractivity contribution in [1.82, 2.24) is 24.5 Å². The number of hydrogen-bond acceptors (Lipinski definition) is 9. The Bertz CT molecular complexity index is 1580. The second-order valence-corrected chi connectivity index (χ2v) is 15.4. The zero-order valence-corrected chi connectivity index (χ0v) is 33.1. The number of nitrogens with one attached hydrogen (secondary N) is 1. The van der Waals surface area contributed by atoms with Crippen molar-refractivity contribution in [3.05, 3.63) is 58.1 Å². The number of phenolic OH excluding ortho intramolecular Hbond substituents is 1. The van der Waals surface area contributed by atoms with Crippen LogP contribution < -0.4 is 5.32 Å². The van der Waals surface area contributed by atoms with Gasteiger partial charge in [0.25, 0.3) is 5.91 Å². The van der Waals surface area contributed by atoms with Crippen molar-refractivity contribution in [3.63, 3.8) is 0 Å². The predicted molar refractivity (Wildman–Crippen MR) is 207 cm³/mol. The van der Waals surface area contributed by atoms with Gasteiger partial charge >= 0.3 is 18.1 Å². The van der Waals surface area contributed by atoms with Crippen LogP contribution in [0, 0.1) is 0 Å². The van der Waals surface area contributed by atoms with Crippen LogP contribution in [-0.4, -0.2) is 142 Å². The molecule has 15 heteroatoms. The molecule has 0 saturated carbocycles. The SMILES string of the molecule is O=C(CCN1CCN(C2CCN(C(=O)[C@@H](Cc3ccc(O)c(Br)c3)OC(=O)N3CCC(N4CCc5ccccc5NC4=O)CC3)CC2)CC1)OCI. The minimum absolute atomic E-state index is 0.00117. The number of aromatic hydroxyl groups is 1. The van der Waals surface area contributed by atoms with E-state index in [0.29, 0.717) is 73.7 Å². The van der Waals surface area contributed by atoms with Crippen molar-refractivity contribution in [2.24, 2.45) is 0 Å². The summed E-state index contributed by atoms with van der Waals surface area (Å²) in [5.41, 5.74) is 2.72. The van der Waals surface area contributed by atoms with Crippen molar-refractivity contribution in [1.29, 1.82) is 0 Å². The number of piperazine rings is 1. The fourth-order valence-electron chi connectivity index (χ4n) is 7.75. The number of likely N-dealkylation sites (tertiary alicyclic amines) is 2. The molecule has 1 atom stereocenters. The van der Waals surface area contributed by atoms with Crippen LogP contribution in [0.3, 0.4) is 0 Å². The third-order valence-corrected chi connectivity index (χ3v) is 11.8. The number of nitrogens with zero attached hydrogens (tertiary/aromatic N) is 5. The van der Waals surface area contributed by atoms with Gasteiger partial charge in [-0.2, -0.15) is 0 Å². The van der Waals surface area contributed by atoms with Gasteiger partial charge in [-0.25, -0.2) is 9.59 Å². The van der Waals surface area contributed by atoms with Gasteiger partial charge in [-0.1, -0.05) is 24.3 Å². The van der Waals surface area contributed by atoms with E-state index in [1.807, 2.05) is 56.7 Å². The first-order chi connectivity index (χ1) is 25.2. The van der Waals surface area contributed by atoms with E-state index in [2.05, 4.69) is 31.0 Å². The van der Waals surface area contributed by atoms with Crippen molar-refractivity contribution in [2.75, 3.05) is 75.4 Å². The van der Waals surface area contributed by atoms with Crippen LogP contribution in [0.5, 0.6) is 5.75 Å². The number of urea groups is 1. The Hall–Kier alpha value is -3.15. The Kier molecular flexibility index (Phi) is 13.5. The van der Waals surface area contributed by atoms with Crippen LogP contribution in [0.15, 0.2) is 46.9 Å². The number of fused-ring (bicyclic) bond motifs is 1. The Labute approximate surface area is 327 Å². The van der Waals surface area contributed by atoms with Crippen LogP contribution in [-0.2, 0) is 31.9 Å². The molecular formula is C37H48BrIN6O7. The number of para-hydroxylation sites is 1. The number of alkyl halides is 1. The van der Waals surface area contributed by atoms with Crippen LogP contribution >= 0.6 is 38.5 Å². The van der Waals surface area contributed by atoms with E-state index in [4.69, 9.17) is 9.47 Å². The molecule has 3 fully saturated rings. The number of phenols is 1. The Morgan fingerprint density at radius 3 is 2.31 bits per heavy atom. The topological polar surface area (TPSA) is 135 Å². The molecule has 4 aliphatic heterocycles. The summed E-state index contributed by atoms with van der Waals surface area (Å²) in [5, 5.41) is 13.1. The van der Waals surface area contributed by atoms with Gasteiger partial charge < -0.3 is 39.5 Å².